The zero-order chi connectivity index (χ0) is 16.9. The molecule has 0 radical (unpaired) electrons. The molecule has 0 spiro atoms. The lowest BCUT2D eigenvalue weighted by Crippen LogP contribution is -2.16. The number of hydrogen-bond acceptors (Lipinski definition) is 5. The first kappa shape index (κ1) is 16.5. The fourth-order valence-electron chi connectivity index (χ4n) is 2.26. The quantitative estimate of drug-likeness (QED) is 0.441. The minimum Gasteiger partial charge on any atom is -0.486 e. The number of Topliss-reactive ketones (excluding diaryl/α,β-unsaturated/α-hetero) is 1. The zero-order valence-corrected chi connectivity index (χ0v) is 14.4. The van der Waals surface area contributed by atoms with Gasteiger partial charge in [0.25, 0.3) is 0 Å². The van der Waals surface area contributed by atoms with Crippen molar-refractivity contribution in [2.75, 3.05) is 13.2 Å². The normalized spacial score (nSPS) is 12.5. The van der Waals surface area contributed by atoms with Crippen molar-refractivity contribution in [3.05, 3.63) is 52.5 Å². The van der Waals surface area contributed by atoms with Crippen molar-refractivity contribution in [1.82, 2.24) is 0 Å². The first-order chi connectivity index (χ1) is 11.6. The van der Waals surface area contributed by atoms with Crippen LogP contribution in [0.25, 0.3) is 0 Å². The second kappa shape index (κ2) is 7.49. The molecule has 2 aromatic rings. The van der Waals surface area contributed by atoms with Gasteiger partial charge in [0.1, 0.15) is 19.0 Å². The van der Waals surface area contributed by atoms with Crippen LogP contribution in [-0.4, -0.2) is 25.0 Å². The van der Waals surface area contributed by atoms with Crippen LogP contribution in [0.4, 0.5) is 0 Å². The van der Waals surface area contributed by atoms with Crippen LogP contribution in [-0.2, 0) is 4.79 Å². The molecule has 0 N–H and O–H groups in total. The Bertz CT molecular complexity index is 755. The number of carbonyl (C=O) groups is 2. The number of rotatable bonds is 5. The summed E-state index contributed by atoms with van der Waals surface area (Å²) in [7, 11) is 0. The highest BCUT2D eigenvalue weighted by Crippen LogP contribution is 2.31. The highest BCUT2D eigenvalue weighted by molar-refractivity contribution is 9.10. The minimum atomic E-state index is -0.441. The topological polar surface area (TPSA) is 61.8 Å². The molecule has 0 amide bonds. The molecule has 0 aliphatic carbocycles. The first-order valence-electron chi connectivity index (χ1n) is 7.51. The van der Waals surface area contributed by atoms with Gasteiger partial charge in [-0.25, -0.2) is 0 Å². The molecule has 1 aliphatic heterocycles. The second-order valence-electron chi connectivity index (χ2n) is 5.21. The van der Waals surface area contributed by atoms with E-state index in [9.17, 15) is 9.59 Å². The van der Waals surface area contributed by atoms with Gasteiger partial charge in [-0.1, -0.05) is 15.9 Å². The molecule has 3 rings (SSSR count). The van der Waals surface area contributed by atoms with Gasteiger partial charge >= 0.3 is 5.97 Å². The van der Waals surface area contributed by atoms with Crippen molar-refractivity contribution >= 4 is 27.7 Å². The van der Waals surface area contributed by atoms with E-state index in [0.717, 1.165) is 4.47 Å². The molecule has 24 heavy (non-hydrogen) atoms. The van der Waals surface area contributed by atoms with Gasteiger partial charge in [-0.15, -0.1) is 0 Å². The van der Waals surface area contributed by atoms with Crippen LogP contribution < -0.4 is 14.2 Å². The molecule has 0 atom stereocenters. The van der Waals surface area contributed by atoms with Gasteiger partial charge in [0.05, 0.1) is 6.42 Å². The summed E-state index contributed by atoms with van der Waals surface area (Å²) in [5.41, 5.74) is 0.496. The Balaban J connectivity index is 1.55. The standard InChI is InChI=1S/C18H15BrO5/c19-13-2-4-14(5-3-13)24-18(21)8-6-15(20)12-1-7-16-17(11-12)23-10-9-22-16/h1-5,7,11H,6,8-10H2. The lowest BCUT2D eigenvalue weighted by atomic mass is 10.1. The number of benzene rings is 2. The summed E-state index contributed by atoms with van der Waals surface area (Å²) >= 11 is 3.31. The monoisotopic (exact) mass is 390 g/mol. The molecule has 2 aromatic carbocycles. The third-order valence-corrected chi connectivity index (χ3v) is 3.99. The lowest BCUT2D eigenvalue weighted by Gasteiger charge is -2.18. The number of ether oxygens (including phenoxy) is 3. The first-order valence-corrected chi connectivity index (χ1v) is 8.30. The van der Waals surface area contributed by atoms with E-state index < -0.39 is 5.97 Å². The SMILES string of the molecule is O=C(CCC(=O)c1ccc2c(c1)OCCO2)Oc1ccc(Br)cc1. The molecule has 0 saturated carbocycles. The van der Waals surface area contributed by atoms with Crippen molar-refractivity contribution in [3.63, 3.8) is 0 Å². The maximum atomic E-state index is 12.2. The average Bonchev–Trinajstić information content (AvgIpc) is 2.61. The zero-order valence-electron chi connectivity index (χ0n) is 12.8. The molecule has 1 aliphatic rings. The number of ketones is 1. The highest BCUT2D eigenvalue weighted by atomic mass is 79.9. The number of hydrogen-bond donors (Lipinski definition) is 0. The smallest absolute Gasteiger partial charge is 0.311 e. The number of halogens is 1. The lowest BCUT2D eigenvalue weighted by molar-refractivity contribution is -0.134. The number of fused-ring (bicyclic) bond motifs is 1. The van der Waals surface area contributed by atoms with Crippen LogP contribution in [0.2, 0.25) is 0 Å². The summed E-state index contributed by atoms with van der Waals surface area (Å²) in [4.78, 5) is 24.1. The molecule has 0 bridgehead atoms. The molecule has 124 valence electrons. The Morgan fingerprint density at radius 1 is 0.958 bits per heavy atom. The fourth-order valence-corrected chi connectivity index (χ4v) is 2.53. The maximum Gasteiger partial charge on any atom is 0.311 e. The molecule has 5 nitrogen and oxygen atoms in total. The van der Waals surface area contributed by atoms with Crippen molar-refractivity contribution in [3.8, 4) is 17.2 Å². The van der Waals surface area contributed by atoms with Crippen molar-refractivity contribution in [2.24, 2.45) is 0 Å². The summed E-state index contributed by atoms with van der Waals surface area (Å²) < 4.78 is 17.0. The summed E-state index contributed by atoms with van der Waals surface area (Å²) in [6.07, 6.45) is 0.0956. The molecule has 0 fully saturated rings. The summed E-state index contributed by atoms with van der Waals surface area (Å²) in [6, 6.07) is 12.0. The largest absolute Gasteiger partial charge is 0.486 e. The average molecular weight is 391 g/mol. The van der Waals surface area contributed by atoms with Crippen LogP contribution in [0.3, 0.4) is 0 Å². The van der Waals surface area contributed by atoms with E-state index in [0.29, 0.717) is 36.0 Å². The Hall–Kier alpha value is -2.34. The number of carbonyl (C=O) groups excluding carboxylic acids is 2. The van der Waals surface area contributed by atoms with E-state index in [2.05, 4.69) is 15.9 Å². The molecule has 0 saturated heterocycles. The van der Waals surface area contributed by atoms with Crippen molar-refractivity contribution in [2.45, 2.75) is 12.8 Å². The maximum absolute atomic E-state index is 12.2. The van der Waals surface area contributed by atoms with E-state index in [1.165, 1.54) is 0 Å². The Labute approximate surface area is 147 Å². The number of esters is 1. The van der Waals surface area contributed by atoms with E-state index >= 15 is 0 Å². The van der Waals surface area contributed by atoms with Crippen LogP contribution in [0.5, 0.6) is 17.2 Å². The molecular weight excluding hydrogens is 376 g/mol. The van der Waals surface area contributed by atoms with Crippen LogP contribution in [0.1, 0.15) is 23.2 Å². The molecule has 0 aromatic heterocycles. The molecule has 6 heteroatoms. The van der Waals surface area contributed by atoms with Crippen LogP contribution >= 0.6 is 15.9 Å². The predicted octanol–water partition coefficient (Wildman–Crippen LogP) is 3.79. The van der Waals surface area contributed by atoms with Gasteiger partial charge in [0.2, 0.25) is 0 Å². The van der Waals surface area contributed by atoms with E-state index in [1.54, 1.807) is 42.5 Å². The Morgan fingerprint density at radius 2 is 1.67 bits per heavy atom. The molecule has 0 unspecified atom stereocenters. The van der Waals surface area contributed by atoms with Gasteiger partial charge in [0.15, 0.2) is 17.3 Å². The van der Waals surface area contributed by atoms with Gasteiger partial charge < -0.3 is 14.2 Å². The molecular formula is C18H15BrO5. The summed E-state index contributed by atoms with van der Waals surface area (Å²) in [6.45, 7) is 0.965. The molecule has 1 heterocycles. The van der Waals surface area contributed by atoms with Gasteiger partial charge in [-0.05, 0) is 42.5 Å². The Morgan fingerprint density at radius 3 is 2.42 bits per heavy atom. The second-order valence-corrected chi connectivity index (χ2v) is 6.13. The fraction of sp³-hybridized carbons (Fsp3) is 0.222. The van der Waals surface area contributed by atoms with Crippen molar-refractivity contribution in [1.29, 1.82) is 0 Å². The summed E-state index contributed by atoms with van der Waals surface area (Å²) in [5.74, 6) is 1.06. The predicted molar refractivity (Wildman–Crippen MR) is 90.8 cm³/mol. The van der Waals surface area contributed by atoms with E-state index in [1.807, 2.05) is 0 Å². The Kier molecular flexibility index (Phi) is 5.15. The summed E-state index contributed by atoms with van der Waals surface area (Å²) in [5, 5.41) is 0. The van der Waals surface area contributed by atoms with Crippen LogP contribution in [0, 0.1) is 0 Å². The van der Waals surface area contributed by atoms with E-state index in [4.69, 9.17) is 14.2 Å². The van der Waals surface area contributed by atoms with Gasteiger partial charge in [-0.3, -0.25) is 9.59 Å². The third kappa shape index (κ3) is 4.14. The van der Waals surface area contributed by atoms with E-state index in [-0.39, 0.29) is 18.6 Å². The van der Waals surface area contributed by atoms with Gasteiger partial charge in [-0.2, -0.15) is 0 Å². The van der Waals surface area contributed by atoms with Crippen molar-refractivity contribution < 1.29 is 23.8 Å². The highest BCUT2D eigenvalue weighted by Gasteiger charge is 2.16. The van der Waals surface area contributed by atoms with Gasteiger partial charge in [0, 0.05) is 16.5 Å². The third-order valence-electron chi connectivity index (χ3n) is 3.47. The van der Waals surface area contributed by atoms with Crippen LogP contribution in [0.15, 0.2) is 46.9 Å². The minimum absolute atomic E-state index is 0.0172.